The molecule has 0 atom stereocenters. The van der Waals surface area contributed by atoms with Crippen molar-refractivity contribution in [2.24, 2.45) is 5.92 Å². The molecular weight excluding hydrogens is 643 g/mol. The smallest absolute Gasteiger partial charge is 0.408 e. The molecule has 1 N–H and O–H groups in total. The highest BCUT2D eigenvalue weighted by atomic mass is 19.1. The van der Waals surface area contributed by atoms with Gasteiger partial charge in [0.1, 0.15) is 24.6 Å². The summed E-state index contributed by atoms with van der Waals surface area (Å²) >= 11 is 0. The second kappa shape index (κ2) is 16.1. The molecule has 1 aliphatic heterocycles. The molecule has 0 spiro atoms. The van der Waals surface area contributed by atoms with Gasteiger partial charge in [-0.1, -0.05) is 66.7 Å². The molecule has 1 saturated carbocycles. The van der Waals surface area contributed by atoms with E-state index in [1.54, 1.807) is 6.07 Å². The van der Waals surface area contributed by atoms with Gasteiger partial charge in [-0.05, 0) is 94.2 Å². The molecule has 2 heterocycles. The van der Waals surface area contributed by atoms with Crippen molar-refractivity contribution in [1.82, 2.24) is 15.2 Å². The zero-order valence-corrected chi connectivity index (χ0v) is 30.4. The summed E-state index contributed by atoms with van der Waals surface area (Å²) in [7, 11) is 0. The van der Waals surface area contributed by atoms with Crippen LogP contribution in [-0.2, 0) is 18.0 Å². The Bertz CT molecular complexity index is 1730. The number of ether oxygens (including phenoxy) is 3. The number of benzene rings is 3. The van der Waals surface area contributed by atoms with Crippen LogP contribution in [0.2, 0.25) is 0 Å². The molecular formula is C42H51FN4O4. The third-order valence-electron chi connectivity index (χ3n) is 9.78. The van der Waals surface area contributed by atoms with E-state index in [0.717, 1.165) is 69.5 Å². The van der Waals surface area contributed by atoms with Crippen LogP contribution in [0, 0.1) is 11.7 Å². The Hall–Kier alpha value is -4.63. The van der Waals surface area contributed by atoms with Crippen LogP contribution in [-0.4, -0.2) is 59.8 Å². The van der Waals surface area contributed by atoms with E-state index in [-0.39, 0.29) is 17.4 Å². The highest BCUT2D eigenvalue weighted by Crippen LogP contribution is 2.35. The monoisotopic (exact) mass is 694 g/mol. The first-order chi connectivity index (χ1) is 24.5. The van der Waals surface area contributed by atoms with E-state index in [4.69, 9.17) is 19.2 Å². The van der Waals surface area contributed by atoms with Gasteiger partial charge in [0.25, 0.3) is 0 Å². The maximum absolute atomic E-state index is 15.8. The molecule has 270 valence electrons. The fourth-order valence-electron chi connectivity index (χ4n) is 6.93. The van der Waals surface area contributed by atoms with Gasteiger partial charge in [0, 0.05) is 49.9 Å². The van der Waals surface area contributed by atoms with Gasteiger partial charge < -0.3 is 24.4 Å². The van der Waals surface area contributed by atoms with Crippen molar-refractivity contribution in [3.8, 4) is 22.9 Å². The number of nitrogens with one attached hydrogen (secondary N) is 1. The van der Waals surface area contributed by atoms with Crippen molar-refractivity contribution < 1.29 is 23.4 Å². The summed E-state index contributed by atoms with van der Waals surface area (Å²) in [5.41, 5.74) is 3.34. The molecule has 2 aliphatic rings. The lowest BCUT2D eigenvalue weighted by atomic mass is 9.77. The Morgan fingerprint density at radius 1 is 0.863 bits per heavy atom. The lowest BCUT2D eigenvalue weighted by Gasteiger charge is -2.41. The van der Waals surface area contributed by atoms with E-state index < -0.39 is 5.60 Å². The quantitative estimate of drug-likeness (QED) is 0.169. The molecule has 1 aliphatic carbocycles. The number of piperazine rings is 1. The molecule has 0 bridgehead atoms. The van der Waals surface area contributed by atoms with Crippen LogP contribution >= 0.6 is 0 Å². The molecule has 3 aromatic carbocycles. The predicted octanol–water partition coefficient (Wildman–Crippen LogP) is 8.64. The van der Waals surface area contributed by atoms with Crippen LogP contribution < -0.4 is 19.7 Å². The number of halogens is 1. The Morgan fingerprint density at radius 2 is 1.49 bits per heavy atom. The summed E-state index contributed by atoms with van der Waals surface area (Å²) in [6.45, 7) is 12.8. The number of alkyl carbamates (subject to hydrolysis) is 1. The highest BCUT2D eigenvalue weighted by molar-refractivity contribution is 5.71. The molecule has 1 aromatic heterocycles. The number of carbonyl (C=O) groups is 1. The zero-order chi connectivity index (χ0) is 35.8. The van der Waals surface area contributed by atoms with Gasteiger partial charge in [-0.15, -0.1) is 0 Å². The molecule has 4 aromatic rings. The zero-order valence-electron chi connectivity index (χ0n) is 30.4. The standard InChI is InChI=1S/C42H51FN4O4/c1-41(2,3)51-40(48)45-42(4)21-19-31(20-22-42)28-46-23-25-47(26-24-46)37-17-15-34(27-36(37)43)35-16-18-38(49-29-32-11-7-5-8-12-32)44-39(35)50-30-33-13-9-6-10-14-33/h5-18,27,31H,19-26,28-30H2,1-4H3,(H,45,48). The van der Waals surface area contributed by atoms with Crippen molar-refractivity contribution in [2.45, 2.75) is 77.7 Å². The van der Waals surface area contributed by atoms with E-state index in [1.807, 2.05) is 106 Å². The summed E-state index contributed by atoms with van der Waals surface area (Å²) < 4.78 is 33.5. The van der Waals surface area contributed by atoms with Crippen LogP contribution in [0.25, 0.3) is 11.1 Å². The van der Waals surface area contributed by atoms with Gasteiger partial charge in [0.15, 0.2) is 0 Å². The average Bonchev–Trinajstić information content (AvgIpc) is 3.11. The highest BCUT2D eigenvalue weighted by Gasteiger charge is 2.35. The van der Waals surface area contributed by atoms with Crippen LogP contribution in [0.1, 0.15) is 64.5 Å². The van der Waals surface area contributed by atoms with Crippen LogP contribution in [0.15, 0.2) is 91.0 Å². The lowest BCUT2D eigenvalue weighted by Crippen LogP contribution is -2.52. The fourth-order valence-corrected chi connectivity index (χ4v) is 6.93. The second-order valence-corrected chi connectivity index (χ2v) is 15.1. The first kappa shape index (κ1) is 36.2. The van der Waals surface area contributed by atoms with Gasteiger partial charge in [-0.2, -0.15) is 4.98 Å². The summed E-state index contributed by atoms with van der Waals surface area (Å²) in [5, 5.41) is 3.12. The van der Waals surface area contributed by atoms with E-state index >= 15 is 4.39 Å². The molecule has 8 nitrogen and oxygen atoms in total. The predicted molar refractivity (Wildman–Crippen MR) is 200 cm³/mol. The third-order valence-corrected chi connectivity index (χ3v) is 9.78. The Kier molecular flexibility index (Phi) is 11.5. The molecule has 0 unspecified atom stereocenters. The number of hydrogen-bond acceptors (Lipinski definition) is 7. The third kappa shape index (κ3) is 10.2. The van der Waals surface area contributed by atoms with Gasteiger partial charge in [-0.25, -0.2) is 9.18 Å². The summed E-state index contributed by atoms with van der Waals surface area (Å²) in [4.78, 5) is 21.7. The van der Waals surface area contributed by atoms with Gasteiger partial charge >= 0.3 is 6.09 Å². The first-order valence-electron chi connectivity index (χ1n) is 18.1. The molecule has 1 amide bonds. The van der Waals surface area contributed by atoms with E-state index in [9.17, 15) is 4.79 Å². The first-order valence-corrected chi connectivity index (χ1v) is 18.1. The largest absolute Gasteiger partial charge is 0.473 e. The maximum Gasteiger partial charge on any atom is 0.408 e. The topological polar surface area (TPSA) is 76.2 Å². The van der Waals surface area contributed by atoms with Crippen molar-refractivity contribution >= 4 is 11.8 Å². The Labute approximate surface area is 301 Å². The maximum atomic E-state index is 15.8. The molecule has 6 rings (SSSR count). The average molecular weight is 695 g/mol. The van der Waals surface area contributed by atoms with E-state index in [1.165, 1.54) is 0 Å². The Balaban J connectivity index is 1.05. The number of hydrogen-bond donors (Lipinski definition) is 1. The van der Waals surface area contributed by atoms with Crippen LogP contribution in [0.4, 0.5) is 14.9 Å². The number of rotatable bonds is 11. The second-order valence-electron chi connectivity index (χ2n) is 15.1. The number of anilines is 1. The minimum atomic E-state index is -0.506. The minimum Gasteiger partial charge on any atom is -0.473 e. The number of carbonyl (C=O) groups excluding carboxylic acids is 1. The van der Waals surface area contributed by atoms with Crippen molar-refractivity contribution in [1.29, 1.82) is 0 Å². The summed E-state index contributed by atoms with van der Waals surface area (Å²) in [6.07, 6.45) is 3.66. The normalized spacial score (nSPS) is 19.7. The molecule has 1 saturated heterocycles. The van der Waals surface area contributed by atoms with E-state index in [2.05, 4.69) is 22.0 Å². The molecule has 51 heavy (non-hydrogen) atoms. The SMILES string of the molecule is CC1(NC(=O)OC(C)(C)C)CCC(CN2CCN(c3ccc(-c4ccc(OCc5ccccc5)nc4OCc4ccccc4)cc3F)CC2)CC1. The van der Waals surface area contributed by atoms with Gasteiger partial charge in [0.2, 0.25) is 11.8 Å². The van der Waals surface area contributed by atoms with Crippen molar-refractivity contribution in [3.63, 3.8) is 0 Å². The number of aromatic nitrogens is 1. The minimum absolute atomic E-state index is 0.232. The summed E-state index contributed by atoms with van der Waals surface area (Å²) in [5.74, 6) is 1.17. The van der Waals surface area contributed by atoms with Crippen molar-refractivity contribution in [3.05, 3.63) is 108 Å². The van der Waals surface area contributed by atoms with Crippen LogP contribution in [0.3, 0.4) is 0 Å². The molecule has 0 radical (unpaired) electrons. The summed E-state index contributed by atoms with van der Waals surface area (Å²) in [6, 6.07) is 29.0. The number of pyridine rings is 1. The Morgan fingerprint density at radius 3 is 2.10 bits per heavy atom. The lowest BCUT2D eigenvalue weighted by molar-refractivity contribution is 0.0417. The van der Waals surface area contributed by atoms with Crippen molar-refractivity contribution in [2.75, 3.05) is 37.6 Å². The van der Waals surface area contributed by atoms with Gasteiger partial charge in [0.05, 0.1) is 5.69 Å². The molecule has 2 fully saturated rings. The molecule has 9 heteroatoms. The number of amides is 1. The fraction of sp³-hybridized carbons (Fsp3) is 0.429. The van der Waals surface area contributed by atoms with Crippen LogP contribution in [0.5, 0.6) is 11.8 Å². The van der Waals surface area contributed by atoms with Gasteiger partial charge in [-0.3, -0.25) is 4.90 Å². The number of nitrogens with zero attached hydrogens (tertiary/aromatic N) is 3. The van der Waals surface area contributed by atoms with E-state index in [0.29, 0.717) is 47.7 Å².